The normalized spacial score (nSPS) is 11.5. The minimum Gasteiger partial charge on any atom is -0.290 e. The molecule has 0 spiro atoms. The average molecular weight is 367 g/mol. The molecule has 2 aromatic carbocycles. The molecule has 8 nitrogen and oxygen atoms in total. The molecule has 130 valence electrons. The first kappa shape index (κ1) is 16.0. The molecular weight excluding hydrogens is 354 g/mol. The van der Waals surface area contributed by atoms with Crippen molar-refractivity contribution in [2.24, 2.45) is 0 Å². The average Bonchev–Trinajstić information content (AvgIpc) is 3.17. The van der Waals surface area contributed by atoms with E-state index in [4.69, 9.17) is 0 Å². The van der Waals surface area contributed by atoms with Gasteiger partial charge >= 0.3 is 0 Å². The molecule has 0 atom stereocenters. The summed E-state index contributed by atoms with van der Waals surface area (Å²) in [6.07, 6.45) is 3.23. The molecule has 0 unspecified atom stereocenters. The number of aromatic nitrogens is 4. The van der Waals surface area contributed by atoms with Gasteiger partial charge in [0.25, 0.3) is 15.6 Å². The maximum Gasteiger partial charge on any atom is 0.261 e. The lowest BCUT2D eigenvalue weighted by Gasteiger charge is -2.09. The van der Waals surface area contributed by atoms with Gasteiger partial charge in [-0.2, -0.15) is 5.10 Å². The van der Waals surface area contributed by atoms with Crippen LogP contribution >= 0.6 is 0 Å². The summed E-state index contributed by atoms with van der Waals surface area (Å²) in [4.78, 5) is 19.5. The Labute approximate surface area is 148 Å². The number of sulfonamides is 1. The molecule has 0 aliphatic rings. The van der Waals surface area contributed by atoms with E-state index in [1.54, 1.807) is 48.8 Å². The van der Waals surface area contributed by atoms with Crippen molar-refractivity contribution in [2.45, 2.75) is 4.90 Å². The van der Waals surface area contributed by atoms with E-state index in [2.05, 4.69) is 19.8 Å². The number of rotatable bonds is 4. The molecule has 0 amide bonds. The van der Waals surface area contributed by atoms with Gasteiger partial charge in [-0.05, 0) is 36.4 Å². The Morgan fingerprint density at radius 1 is 1.04 bits per heavy atom. The van der Waals surface area contributed by atoms with Crippen molar-refractivity contribution in [3.8, 4) is 5.95 Å². The van der Waals surface area contributed by atoms with Gasteiger partial charge in [0.2, 0.25) is 5.95 Å². The Morgan fingerprint density at radius 2 is 1.85 bits per heavy atom. The van der Waals surface area contributed by atoms with Crippen LogP contribution in [0.1, 0.15) is 0 Å². The number of hydrogen-bond donors (Lipinski definition) is 2. The minimum absolute atomic E-state index is 0.140. The monoisotopic (exact) mass is 367 g/mol. The molecule has 0 aliphatic heterocycles. The van der Waals surface area contributed by atoms with E-state index >= 15 is 0 Å². The number of hydrogen-bond acceptors (Lipinski definition) is 5. The number of H-pyrrole nitrogens is 1. The Morgan fingerprint density at radius 3 is 2.58 bits per heavy atom. The fraction of sp³-hybridized carbons (Fsp3) is 0. The molecular formula is C17H13N5O3S. The third kappa shape index (κ3) is 2.95. The second kappa shape index (κ2) is 6.12. The first-order chi connectivity index (χ1) is 12.5. The molecule has 4 aromatic rings. The van der Waals surface area contributed by atoms with E-state index in [1.165, 1.54) is 22.9 Å². The highest BCUT2D eigenvalue weighted by Crippen LogP contribution is 2.19. The van der Waals surface area contributed by atoms with E-state index < -0.39 is 10.0 Å². The van der Waals surface area contributed by atoms with E-state index in [0.29, 0.717) is 5.52 Å². The number of nitrogens with one attached hydrogen (secondary N) is 2. The molecule has 0 saturated heterocycles. The lowest BCUT2D eigenvalue weighted by molar-refractivity contribution is 0.601. The van der Waals surface area contributed by atoms with E-state index in [-0.39, 0.29) is 27.5 Å². The smallest absolute Gasteiger partial charge is 0.261 e. The molecule has 26 heavy (non-hydrogen) atoms. The molecule has 2 aromatic heterocycles. The standard InChI is InChI=1S/C17H13N5O3S/c23-16-14-11-12(21-26(24,25)13-5-2-1-3-6-13)7-8-15(14)19-17(20-16)22-10-4-9-18-22/h1-11,21H,(H,19,20,23). The largest absolute Gasteiger partial charge is 0.290 e. The second-order valence-electron chi connectivity index (χ2n) is 5.49. The highest BCUT2D eigenvalue weighted by atomic mass is 32.2. The number of benzene rings is 2. The maximum absolute atomic E-state index is 12.4. The van der Waals surface area contributed by atoms with Crippen LogP contribution in [0.15, 0.2) is 76.7 Å². The summed E-state index contributed by atoms with van der Waals surface area (Å²) in [5.74, 6) is 0.283. The summed E-state index contributed by atoms with van der Waals surface area (Å²) >= 11 is 0. The molecule has 0 fully saturated rings. The molecule has 2 N–H and O–H groups in total. The van der Waals surface area contributed by atoms with Gasteiger partial charge in [0.05, 0.1) is 15.8 Å². The highest BCUT2D eigenvalue weighted by molar-refractivity contribution is 7.92. The Kier molecular flexibility index (Phi) is 3.77. The van der Waals surface area contributed by atoms with Crippen LogP contribution < -0.4 is 10.3 Å². The van der Waals surface area contributed by atoms with Gasteiger partial charge in [0, 0.05) is 18.1 Å². The fourth-order valence-electron chi connectivity index (χ4n) is 2.51. The molecule has 0 aliphatic carbocycles. The topological polar surface area (TPSA) is 110 Å². The van der Waals surface area contributed by atoms with Crippen LogP contribution in [-0.4, -0.2) is 28.2 Å². The van der Waals surface area contributed by atoms with E-state index in [1.807, 2.05) is 0 Å². The third-order valence-electron chi connectivity index (χ3n) is 3.72. The zero-order valence-electron chi connectivity index (χ0n) is 13.3. The number of nitrogens with zero attached hydrogens (tertiary/aromatic N) is 3. The first-order valence-corrected chi connectivity index (χ1v) is 9.13. The van der Waals surface area contributed by atoms with Crippen LogP contribution in [-0.2, 0) is 10.0 Å². The fourth-order valence-corrected chi connectivity index (χ4v) is 3.58. The first-order valence-electron chi connectivity index (χ1n) is 7.65. The lowest BCUT2D eigenvalue weighted by Crippen LogP contribution is -2.15. The van der Waals surface area contributed by atoms with Gasteiger partial charge in [-0.25, -0.2) is 18.1 Å². The molecule has 4 rings (SSSR count). The lowest BCUT2D eigenvalue weighted by atomic mass is 10.2. The van der Waals surface area contributed by atoms with Gasteiger partial charge in [0.1, 0.15) is 0 Å². The third-order valence-corrected chi connectivity index (χ3v) is 5.12. The van der Waals surface area contributed by atoms with Gasteiger partial charge in [0.15, 0.2) is 0 Å². The Bertz CT molecular complexity index is 1230. The van der Waals surface area contributed by atoms with Gasteiger partial charge < -0.3 is 0 Å². The Hall–Kier alpha value is -3.46. The molecule has 9 heteroatoms. The quantitative estimate of drug-likeness (QED) is 0.572. The predicted molar refractivity (Wildman–Crippen MR) is 96.7 cm³/mol. The molecule has 0 saturated carbocycles. The van der Waals surface area contributed by atoms with Crippen molar-refractivity contribution in [1.82, 2.24) is 19.7 Å². The van der Waals surface area contributed by atoms with Crippen molar-refractivity contribution in [1.29, 1.82) is 0 Å². The summed E-state index contributed by atoms with van der Waals surface area (Å²) < 4.78 is 28.7. The summed E-state index contributed by atoms with van der Waals surface area (Å²) in [6, 6.07) is 14.3. The minimum atomic E-state index is -3.74. The van der Waals surface area contributed by atoms with E-state index in [9.17, 15) is 13.2 Å². The van der Waals surface area contributed by atoms with Gasteiger partial charge in [-0.3, -0.25) is 14.5 Å². The van der Waals surface area contributed by atoms with Crippen molar-refractivity contribution in [2.75, 3.05) is 4.72 Å². The van der Waals surface area contributed by atoms with Crippen LogP contribution in [0, 0.1) is 0 Å². The van der Waals surface area contributed by atoms with Crippen LogP contribution in [0.3, 0.4) is 0 Å². The van der Waals surface area contributed by atoms with Crippen molar-refractivity contribution in [3.63, 3.8) is 0 Å². The summed E-state index contributed by atoms with van der Waals surface area (Å²) in [5.41, 5.74) is 0.323. The van der Waals surface area contributed by atoms with Crippen molar-refractivity contribution < 1.29 is 8.42 Å². The van der Waals surface area contributed by atoms with Crippen LogP contribution in [0.4, 0.5) is 5.69 Å². The maximum atomic E-state index is 12.4. The van der Waals surface area contributed by atoms with Crippen LogP contribution in [0.25, 0.3) is 16.9 Å². The number of anilines is 1. The zero-order chi connectivity index (χ0) is 18.1. The number of aromatic amines is 1. The van der Waals surface area contributed by atoms with Crippen LogP contribution in [0.5, 0.6) is 0 Å². The summed E-state index contributed by atoms with van der Waals surface area (Å²) in [5, 5.41) is 4.30. The molecule has 0 radical (unpaired) electrons. The molecule has 0 bridgehead atoms. The number of fused-ring (bicyclic) bond motifs is 1. The van der Waals surface area contributed by atoms with Crippen molar-refractivity contribution >= 4 is 26.6 Å². The summed E-state index contributed by atoms with van der Waals surface area (Å²) in [6.45, 7) is 0. The van der Waals surface area contributed by atoms with Gasteiger partial charge in [-0.1, -0.05) is 18.2 Å². The second-order valence-corrected chi connectivity index (χ2v) is 7.17. The van der Waals surface area contributed by atoms with Crippen LogP contribution in [0.2, 0.25) is 0 Å². The molecule has 2 heterocycles. The highest BCUT2D eigenvalue weighted by Gasteiger charge is 2.14. The van der Waals surface area contributed by atoms with Crippen molar-refractivity contribution in [3.05, 3.63) is 77.3 Å². The zero-order valence-corrected chi connectivity index (χ0v) is 14.1. The predicted octanol–water partition coefficient (Wildman–Crippen LogP) is 1.91. The summed E-state index contributed by atoms with van der Waals surface area (Å²) in [7, 11) is -3.74. The Balaban J connectivity index is 1.74. The SMILES string of the molecule is O=c1[nH]c(-n2cccn2)nc2ccc(NS(=O)(=O)c3ccccc3)cc12. The van der Waals surface area contributed by atoms with E-state index in [0.717, 1.165) is 0 Å². The van der Waals surface area contributed by atoms with Gasteiger partial charge in [-0.15, -0.1) is 0 Å².